The van der Waals surface area contributed by atoms with Crippen molar-refractivity contribution in [3.05, 3.63) is 24.0 Å². The molecule has 0 aliphatic heterocycles. The number of aromatic nitrogens is 1. The Balaban J connectivity index is 1.94. The Morgan fingerprint density at radius 1 is 1.32 bits per heavy atom. The summed E-state index contributed by atoms with van der Waals surface area (Å²) in [5.74, 6) is 1.60. The SMILES string of the molecule is Cc1ccc(OCC2CCCCC2C(C)(C)O)cn1. The molecule has 19 heavy (non-hydrogen) atoms. The zero-order valence-corrected chi connectivity index (χ0v) is 12.2. The average molecular weight is 263 g/mol. The van der Waals surface area contributed by atoms with Crippen molar-refractivity contribution < 1.29 is 9.84 Å². The second-order valence-electron chi connectivity index (χ2n) is 6.25. The molecule has 2 atom stereocenters. The summed E-state index contributed by atoms with van der Waals surface area (Å²) >= 11 is 0. The van der Waals surface area contributed by atoms with Gasteiger partial charge in [-0.1, -0.05) is 12.8 Å². The van der Waals surface area contributed by atoms with Crippen molar-refractivity contribution in [2.24, 2.45) is 11.8 Å². The fourth-order valence-electron chi connectivity index (χ4n) is 3.08. The molecule has 3 nitrogen and oxygen atoms in total. The van der Waals surface area contributed by atoms with Crippen LogP contribution in [0.2, 0.25) is 0 Å². The van der Waals surface area contributed by atoms with E-state index in [-0.39, 0.29) is 0 Å². The van der Waals surface area contributed by atoms with Crippen LogP contribution in [-0.4, -0.2) is 22.3 Å². The minimum absolute atomic E-state index is 0.333. The van der Waals surface area contributed by atoms with Crippen LogP contribution in [0.15, 0.2) is 18.3 Å². The van der Waals surface area contributed by atoms with E-state index in [0.717, 1.165) is 24.3 Å². The average Bonchev–Trinajstić information content (AvgIpc) is 2.37. The Labute approximate surface area is 116 Å². The van der Waals surface area contributed by atoms with Gasteiger partial charge >= 0.3 is 0 Å². The van der Waals surface area contributed by atoms with Crippen LogP contribution in [0.3, 0.4) is 0 Å². The number of pyridine rings is 1. The van der Waals surface area contributed by atoms with Crippen molar-refractivity contribution in [3.8, 4) is 5.75 Å². The maximum atomic E-state index is 10.3. The van der Waals surface area contributed by atoms with Crippen LogP contribution in [0, 0.1) is 18.8 Å². The van der Waals surface area contributed by atoms with Gasteiger partial charge in [0.1, 0.15) is 5.75 Å². The molecule has 1 N–H and O–H groups in total. The molecule has 1 aromatic rings. The van der Waals surface area contributed by atoms with Crippen LogP contribution < -0.4 is 4.74 Å². The molecular formula is C16H25NO2. The van der Waals surface area contributed by atoms with Gasteiger partial charge in [0.05, 0.1) is 18.4 Å². The van der Waals surface area contributed by atoms with Crippen molar-refractivity contribution in [3.63, 3.8) is 0 Å². The highest BCUT2D eigenvalue weighted by molar-refractivity contribution is 5.19. The first-order valence-electron chi connectivity index (χ1n) is 7.24. The summed E-state index contributed by atoms with van der Waals surface area (Å²) in [6.07, 6.45) is 6.48. The number of aryl methyl sites for hydroxylation is 1. The lowest BCUT2D eigenvalue weighted by atomic mass is 9.72. The Morgan fingerprint density at radius 3 is 2.68 bits per heavy atom. The quantitative estimate of drug-likeness (QED) is 0.906. The van der Waals surface area contributed by atoms with Crippen molar-refractivity contribution in [1.29, 1.82) is 0 Å². The molecule has 0 amide bonds. The lowest BCUT2D eigenvalue weighted by Gasteiger charge is -2.39. The largest absolute Gasteiger partial charge is 0.492 e. The van der Waals surface area contributed by atoms with E-state index < -0.39 is 5.60 Å². The normalized spacial score (nSPS) is 24.2. The van der Waals surface area contributed by atoms with Crippen LogP contribution in [0.25, 0.3) is 0 Å². The topological polar surface area (TPSA) is 42.4 Å². The Morgan fingerprint density at radius 2 is 2.05 bits per heavy atom. The first-order chi connectivity index (χ1) is 8.97. The van der Waals surface area contributed by atoms with E-state index in [1.807, 2.05) is 32.9 Å². The van der Waals surface area contributed by atoms with Crippen molar-refractivity contribution in [2.75, 3.05) is 6.61 Å². The highest BCUT2D eigenvalue weighted by Crippen LogP contribution is 2.37. The van der Waals surface area contributed by atoms with Gasteiger partial charge in [0, 0.05) is 5.69 Å². The van der Waals surface area contributed by atoms with Gasteiger partial charge in [-0.25, -0.2) is 0 Å². The molecular weight excluding hydrogens is 238 g/mol. The second-order valence-corrected chi connectivity index (χ2v) is 6.25. The molecule has 1 heterocycles. The summed E-state index contributed by atoms with van der Waals surface area (Å²) < 4.78 is 5.85. The highest BCUT2D eigenvalue weighted by Gasteiger charge is 2.36. The first-order valence-corrected chi connectivity index (χ1v) is 7.24. The van der Waals surface area contributed by atoms with Gasteiger partial charge in [0.25, 0.3) is 0 Å². The predicted octanol–water partition coefficient (Wildman–Crippen LogP) is 3.35. The Kier molecular flexibility index (Phi) is 4.46. The fraction of sp³-hybridized carbons (Fsp3) is 0.688. The molecule has 2 rings (SSSR count). The van der Waals surface area contributed by atoms with Gasteiger partial charge in [0.2, 0.25) is 0 Å². The third-order valence-electron chi connectivity index (χ3n) is 4.16. The van der Waals surface area contributed by atoms with Gasteiger partial charge in [0.15, 0.2) is 0 Å². The molecule has 0 spiro atoms. The van der Waals surface area contributed by atoms with Crippen LogP contribution in [0.5, 0.6) is 5.75 Å². The third kappa shape index (κ3) is 3.93. The summed E-state index contributed by atoms with van der Waals surface area (Å²) in [6, 6.07) is 3.92. The molecule has 1 fully saturated rings. The Bertz CT molecular complexity index is 394. The molecule has 106 valence electrons. The highest BCUT2D eigenvalue weighted by atomic mass is 16.5. The lowest BCUT2D eigenvalue weighted by Crippen LogP contribution is -2.40. The summed E-state index contributed by atoms with van der Waals surface area (Å²) in [5.41, 5.74) is 0.388. The summed E-state index contributed by atoms with van der Waals surface area (Å²) in [7, 11) is 0. The van der Waals surface area contributed by atoms with E-state index >= 15 is 0 Å². The van der Waals surface area contributed by atoms with Crippen LogP contribution in [0.4, 0.5) is 0 Å². The van der Waals surface area contributed by atoms with Crippen LogP contribution >= 0.6 is 0 Å². The van der Waals surface area contributed by atoms with Crippen molar-refractivity contribution >= 4 is 0 Å². The molecule has 1 saturated carbocycles. The molecule has 2 unspecified atom stereocenters. The molecule has 1 aromatic heterocycles. The molecule has 0 saturated heterocycles. The molecule has 3 heteroatoms. The summed E-state index contributed by atoms with van der Waals surface area (Å²) in [6.45, 7) is 6.49. The van der Waals surface area contributed by atoms with Gasteiger partial charge < -0.3 is 9.84 Å². The predicted molar refractivity (Wildman–Crippen MR) is 76.2 cm³/mol. The maximum Gasteiger partial charge on any atom is 0.137 e. The molecule has 0 bridgehead atoms. The zero-order valence-electron chi connectivity index (χ0n) is 12.2. The van der Waals surface area contributed by atoms with E-state index in [1.165, 1.54) is 12.8 Å². The van der Waals surface area contributed by atoms with E-state index in [4.69, 9.17) is 4.74 Å². The molecule has 0 radical (unpaired) electrons. The standard InChI is InChI=1S/C16H25NO2/c1-12-8-9-14(10-17-12)19-11-13-6-4-5-7-15(13)16(2,3)18/h8-10,13,15,18H,4-7,11H2,1-3H3. The monoisotopic (exact) mass is 263 g/mol. The van der Waals surface area contributed by atoms with Crippen molar-refractivity contribution in [2.45, 2.75) is 52.1 Å². The van der Waals surface area contributed by atoms with Gasteiger partial charge in [-0.15, -0.1) is 0 Å². The van der Waals surface area contributed by atoms with Gasteiger partial charge in [-0.2, -0.15) is 0 Å². The number of hydrogen-bond acceptors (Lipinski definition) is 3. The van der Waals surface area contributed by atoms with Gasteiger partial charge in [-0.3, -0.25) is 4.98 Å². The fourth-order valence-corrected chi connectivity index (χ4v) is 3.08. The van der Waals surface area contributed by atoms with E-state index in [2.05, 4.69) is 4.98 Å². The van der Waals surface area contributed by atoms with Gasteiger partial charge in [-0.05, 0) is 57.6 Å². The zero-order chi connectivity index (χ0) is 13.9. The minimum atomic E-state index is -0.611. The smallest absolute Gasteiger partial charge is 0.137 e. The van der Waals surface area contributed by atoms with Crippen molar-refractivity contribution in [1.82, 2.24) is 4.98 Å². The van der Waals surface area contributed by atoms with Crippen LogP contribution in [0.1, 0.15) is 45.2 Å². The van der Waals surface area contributed by atoms with E-state index in [9.17, 15) is 5.11 Å². The number of hydrogen-bond donors (Lipinski definition) is 1. The van der Waals surface area contributed by atoms with E-state index in [0.29, 0.717) is 18.4 Å². The minimum Gasteiger partial charge on any atom is -0.492 e. The van der Waals surface area contributed by atoms with E-state index in [1.54, 1.807) is 6.20 Å². The van der Waals surface area contributed by atoms with Crippen LogP contribution in [-0.2, 0) is 0 Å². The first kappa shape index (κ1) is 14.3. The molecule has 0 aromatic carbocycles. The maximum absolute atomic E-state index is 10.3. The number of aliphatic hydroxyl groups is 1. The summed E-state index contributed by atoms with van der Waals surface area (Å²) in [5, 5.41) is 10.3. The number of ether oxygens (including phenoxy) is 1. The Hall–Kier alpha value is -1.09. The summed E-state index contributed by atoms with van der Waals surface area (Å²) in [4.78, 5) is 4.24. The molecule has 1 aliphatic carbocycles. The lowest BCUT2D eigenvalue weighted by molar-refractivity contribution is -0.0378. The number of rotatable bonds is 4. The number of nitrogens with zero attached hydrogens (tertiary/aromatic N) is 1. The third-order valence-corrected chi connectivity index (χ3v) is 4.16. The molecule has 1 aliphatic rings. The second kappa shape index (κ2) is 5.91.